The fraction of sp³-hybridized carbons (Fsp3) is 0.833. The molecule has 0 aromatic heterocycles. The first kappa shape index (κ1) is 14.0. The average Bonchev–Trinajstić information content (AvgIpc) is 2.30. The third-order valence-electron chi connectivity index (χ3n) is 3.46. The summed E-state index contributed by atoms with van der Waals surface area (Å²) in [6.45, 7) is 4.48. The van der Waals surface area contributed by atoms with E-state index in [0.29, 0.717) is 19.4 Å². The molecule has 1 aliphatic heterocycles. The summed E-state index contributed by atoms with van der Waals surface area (Å²) in [5.41, 5.74) is -0.820. The van der Waals surface area contributed by atoms with Gasteiger partial charge in [0.2, 0.25) is 0 Å². The Hall–Kier alpha value is -1.10. The summed E-state index contributed by atoms with van der Waals surface area (Å²) >= 11 is 0. The lowest BCUT2D eigenvalue weighted by atomic mass is 9.82. The topological polar surface area (TPSA) is 66.8 Å². The van der Waals surface area contributed by atoms with Gasteiger partial charge in [0.25, 0.3) is 5.91 Å². The zero-order valence-corrected chi connectivity index (χ0v) is 10.7. The number of likely N-dealkylation sites (tertiary alicyclic amines) is 1. The molecule has 0 bridgehead atoms. The number of carbonyl (C=O) groups is 2. The van der Waals surface area contributed by atoms with Crippen molar-refractivity contribution in [3.8, 4) is 0 Å². The van der Waals surface area contributed by atoms with Crippen molar-refractivity contribution in [1.29, 1.82) is 0 Å². The zero-order chi connectivity index (χ0) is 13.1. The number of hydrogen-bond acceptors (Lipinski definition) is 3. The molecule has 98 valence electrons. The van der Waals surface area contributed by atoms with Crippen LogP contribution >= 0.6 is 0 Å². The number of hydrogen-bond donors (Lipinski definition) is 1. The van der Waals surface area contributed by atoms with Gasteiger partial charge in [0.15, 0.2) is 0 Å². The molecular formula is C12H21NO4. The Bertz CT molecular complexity index is 301. The molecule has 2 atom stereocenters. The SMILES string of the molecule is CCC(OC)C(=O)N1CCCC(C)(C(=O)O)C1. The van der Waals surface area contributed by atoms with Crippen molar-refractivity contribution in [3.63, 3.8) is 0 Å². The van der Waals surface area contributed by atoms with Crippen LogP contribution in [0.25, 0.3) is 0 Å². The molecule has 2 unspecified atom stereocenters. The summed E-state index contributed by atoms with van der Waals surface area (Å²) in [4.78, 5) is 24.9. The van der Waals surface area contributed by atoms with Crippen LogP contribution in [0.5, 0.6) is 0 Å². The van der Waals surface area contributed by atoms with Gasteiger partial charge in [-0.15, -0.1) is 0 Å². The average molecular weight is 243 g/mol. The lowest BCUT2D eigenvalue weighted by Gasteiger charge is -2.38. The monoisotopic (exact) mass is 243 g/mol. The summed E-state index contributed by atoms with van der Waals surface area (Å²) in [6.07, 6.45) is 1.51. The number of carboxylic acid groups (broad SMARTS) is 1. The maximum atomic E-state index is 12.1. The standard InChI is InChI=1S/C12H21NO4/c1-4-9(17-3)10(14)13-7-5-6-12(2,8-13)11(15)16/h9H,4-8H2,1-3H3,(H,15,16). The number of piperidine rings is 1. The van der Waals surface area contributed by atoms with Crippen molar-refractivity contribution in [1.82, 2.24) is 4.90 Å². The second-order valence-electron chi connectivity index (χ2n) is 4.86. The molecule has 1 fully saturated rings. The second kappa shape index (κ2) is 5.49. The fourth-order valence-electron chi connectivity index (χ4n) is 2.25. The van der Waals surface area contributed by atoms with Crippen molar-refractivity contribution < 1.29 is 19.4 Å². The van der Waals surface area contributed by atoms with E-state index in [1.807, 2.05) is 6.92 Å². The van der Waals surface area contributed by atoms with Gasteiger partial charge in [-0.2, -0.15) is 0 Å². The van der Waals surface area contributed by atoms with Crippen LogP contribution in [0.3, 0.4) is 0 Å². The molecule has 1 rings (SSSR count). The Morgan fingerprint density at radius 1 is 1.53 bits per heavy atom. The third kappa shape index (κ3) is 2.97. The van der Waals surface area contributed by atoms with Crippen LogP contribution < -0.4 is 0 Å². The lowest BCUT2D eigenvalue weighted by molar-refractivity contribution is -0.156. The molecule has 0 spiro atoms. The van der Waals surface area contributed by atoms with Crippen molar-refractivity contribution >= 4 is 11.9 Å². The van der Waals surface area contributed by atoms with Crippen molar-refractivity contribution in [2.45, 2.75) is 39.2 Å². The maximum Gasteiger partial charge on any atom is 0.311 e. The summed E-state index contributed by atoms with van der Waals surface area (Å²) < 4.78 is 5.10. The van der Waals surface area contributed by atoms with Crippen molar-refractivity contribution in [2.24, 2.45) is 5.41 Å². The summed E-state index contributed by atoms with van der Waals surface area (Å²) in [5, 5.41) is 9.18. The number of rotatable bonds is 4. The van der Waals surface area contributed by atoms with Crippen molar-refractivity contribution in [3.05, 3.63) is 0 Å². The zero-order valence-electron chi connectivity index (χ0n) is 10.7. The molecule has 0 radical (unpaired) electrons. The first-order valence-corrected chi connectivity index (χ1v) is 5.99. The Morgan fingerprint density at radius 3 is 2.65 bits per heavy atom. The molecule has 0 saturated carbocycles. The predicted octanol–water partition coefficient (Wildman–Crippen LogP) is 1.12. The van der Waals surface area contributed by atoms with E-state index in [-0.39, 0.29) is 12.5 Å². The van der Waals surface area contributed by atoms with Gasteiger partial charge in [0.05, 0.1) is 5.41 Å². The molecule has 5 nitrogen and oxygen atoms in total. The highest BCUT2D eigenvalue weighted by Crippen LogP contribution is 2.30. The van der Waals surface area contributed by atoms with E-state index < -0.39 is 17.5 Å². The van der Waals surface area contributed by atoms with Crippen molar-refractivity contribution in [2.75, 3.05) is 20.2 Å². The number of carbonyl (C=O) groups excluding carboxylic acids is 1. The molecular weight excluding hydrogens is 222 g/mol. The van der Waals surface area contributed by atoms with Gasteiger partial charge < -0.3 is 14.7 Å². The molecule has 1 heterocycles. The summed E-state index contributed by atoms with van der Waals surface area (Å²) in [5.74, 6) is -0.928. The highest BCUT2D eigenvalue weighted by molar-refractivity contribution is 5.82. The van der Waals surface area contributed by atoms with E-state index in [9.17, 15) is 14.7 Å². The number of ether oxygens (including phenoxy) is 1. The Labute approximate surface area is 102 Å². The van der Waals surface area contributed by atoms with Gasteiger partial charge >= 0.3 is 5.97 Å². The molecule has 1 amide bonds. The minimum absolute atomic E-state index is 0.0952. The quantitative estimate of drug-likeness (QED) is 0.803. The van der Waals surface area contributed by atoms with Crippen LogP contribution in [0.15, 0.2) is 0 Å². The number of carboxylic acids is 1. The highest BCUT2D eigenvalue weighted by atomic mass is 16.5. The number of amides is 1. The molecule has 0 aromatic carbocycles. The van der Waals surface area contributed by atoms with Gasteiger partial charge in [0, 0.05) is 20.2 Å². The first-order valence-electron chi connectivity index (χ1n) is 5.99. The van der Waals surface area contributed by atoms with Crippen LogP contribution in [-0.2, 0) is 14.3 Å². The molecule has 1 saturated heterocycles. The molecule has 5 heteroatoms. The normalized spacial score (nSPS) is 26.6. The molecule has 1 aliphatic rings. The summed E-state index contributed by atoms with van der Waals surface area (Å²) in [6, 6.07) is 0. The Kier molecular flexibility index (Phi) is 4.51. The third-order valence-corrected chi connectivity index (χ3v) is 3.46. The van der Waals surface area contributed by atoms with Crippen LogP contribution in [0.2, 0.25) is 0 Å². The van der Waals surface area contributed by atoms with E-state index in [1.165, 1.54) is 7.11 Å². The maximum absolute atomic E-state index is 12.1. The first-order chi connectivity index (χ1) is 7.94. The van der Waals surface area contributed by atoms with E-state index in [1.54, 1.807) is 11.8 Å². The number of nitrogens with zero attached hydrogens (tertiary/aromatic N) is 1. The van der Waals surface area contributed by atoms with Crippen LogP contribution in [0, 0.1) is 5.41 Å². The van der Waals surface area contributed by atoms with E-state index in [2.05, 4.69) is 0 Å². The van der Waals surface area contributed by atoms with Gasteiger partial charge in [-0.1, -0.05) is 6.92 Å². The van der Waals surface area contributed by atoms with E-state index in [0.717, 1.165) is 6.42 Å². The van der Waals surface area contributed by atoms with Gasteiger partial charge in [-0.3, -0.25) is 9.59 Å². The van der Waals surface area contributed by atoms with Crippen LogP contribution in [-0.4, -0.2) is 48.2 Å². The Balaban J connectivity index is 2.73. The smallest absolute Gasteiger partial charge is 0.311 e. The molecule has 1 N–H and O–H groups in total. The number of aliphatic carboxylic acids is 1. The van der Waals surface area contributed by atoms with Gasteiger partial charge in [-0.25, -0.2) is 0 Å². The lowest BCUT2D eigenvalue weighted by Crippen LogP contribution is -2.51. The minimum Gasteiger partial charge on any atom is -0.481 e. The Morgan fingerprint density at radius 2 is 2.18 bits per heavy atom. The minimum atomic E-state index is -0.833. The molecule has 17 heavy (non-hydrogen) atoms. The van der Waals surface area contributed by atoms with Gasteiger partial charge in [-0.05, 0) is 26.2 Å². The van der Waals surface area contributed by atoms with Crippen LogP contribution in [0.1, 0.15) is 33.1 Å². The number of methoxy groups -OCH3 is 1. The fourth-order valence-corrected chi connectivity index (χ4v) is 2.25. The summed E-state index contributed by atoms with van der Waals surface area (Å²) in [7, 11) is 1.51. The largest absolute Gasteiger partial charge is 0.481 e. The predicted molar refractivity (Wildman–Crippen MR) is 62.6 cm³/mol. The van der Waals surface area contributed by atoms with Gasteiger partial charge in [0.1, 0.15) is 6.10 Å². The highest BCUT2D eigenvalue weighted by Gasteiger charge is 2.40. The molecule has 0 aromatic rings. The van der Waals surface area contributed by atoms with Crippen LogP contribution in [0.4, 0.5) is 0 Å². The van der Waals surface area contributed by atoms with E-state index in [4.69, 9.17) is 4.74 Å². The second-order valence-corrected chi connectivity index (χ2v) is 4.86. The van der Waals surface area contributed by atoms with E-state index >= 15 is 0 Å². The molecule has 0 aliphatic carbocycles.